The molecule has 154 valence electrons. The maximum atomic E-state index is 12.9. The summed E-state index contributed by atoms with van der Waals surface area (Å²) in [6.45, 7) is 3.48. The van der Waals surface area contributed by atoms with Crippen molar-refractivity contribution in [3.05, 3.63) is 69.3 Å². The zero-order valence-corrected chi connectivity index (χ0v) is 17.4. The highest BCUT2D eigenvalue weighted by molar-refractivity contribution is 7.16. The zero-order chi connectivity index (χ0) is 21.1. The van der Waals surface area contributed by atoms with Crippen LogP contribution in [0.4, 0.5) is 0 Å². The Morgan fingerprint density at radius 3 is 2.83 bits per heavy atom. The molecule has 0 aliphatic carbocycles. The van der Waals surface area contributed by atoms with Crippen LogP contribution in [-0.4, -0.2) is 30.8 Å². The van der Waals surface area contributed by atoms with Gasteiger partial charge in [-0.2, -0.15) is 4.99 Å². The first-order valence-corrected chi connectivity index (χ1v) is 10.3. The lowest BCUT2D eigenvalue weighted by Crippen LogP contribution is -2.20. The van der Waals surface area contributed by atoms with E-state index in [1.165, 1.54) is 17.4 Å². The lowest BCUT2D eigenvalue weighted by molar-refractivity contribution is 0.0971. The van der Waals surface area contributed by atoms with Gasteiger partial charge in [0.05, 0.1) is 23.8 Å². The van der Waals surface area contributed by atoms with Crippen molar-refractivity contribution in [2.24, 2.45) is 4.99 Å². The Morgan fingerprint density at radius 2 is 2.03 bits per heavy atom. The van der Waals surface area contributed by atoms with Gasteiger partial charge in [-0.1, -0.05) is 29.5 Å². The first-order chi connectivity index (χ1) is 14.6. The lowest BCUT2D eigenvalue weighted by atomic mass is 10.2. The predicted octanol–water partition coefficient (Wildman–Crippen LogP) is 3.60. The molecule has 0 aliphatic rings. The summed E-state index contributed by atoms with van der Waals surface area (Å²) < 4.78 is 19.5. The van der Waals surface area contributed by atoms with Crippen molar-refractivity contribution in [2.75, 3.05) is 20.3 Å². The average Bonchev–Trinajstić information content (AvgIpc) is 3.11. The Hall–Kier alpha value is -3.23. The van der Waals surface area contributed by atoms with Crippen molar-refractivity contribution >= 4 is 38.4 Å². The third kappa shape index (κ3) is 3.79. The highest BCUT2D eigenvalue weighted by atomic mass is 32.1. The summed E-state index contributed by atoms with van der Waals surface area (Å²) in [5.74, 6) is -0.0283. The fourth-order valence-electron chi connectivity index (χ4n) is 3.21. The highest BCUT2D eigenvalue weighted by Gasteiger charge is 2.15. The van der Waals surface area contributed by atoms with Crippen LogP contribution < -0.4 is 15.0 Å². The fourth-order valence-corrected chi connectivity index (χ4v) is 4.28. The number of methoxy groups -OCH3 is 1. The van der Waals surface area contributed by atoms with Crippen LogP contribution in [-0.2, 0) is 11.3 Å². The van der Waals surface area contributed by atoms with Gasteiger partial charge in [0, 0.05) is 19.2 Å². The summed E-state index contributed by atoms with van der Waals surface area (Å²) in [6, 6.07) is 13.7. The number of hydrogen-bond donors (Lipinski definition) is 0. The van der Waals surface area contributed by atoms with E-state index in [4.69, 9.17) is 13.9 Å². The Morgan fingerprint density at radius 1 is 1.20 bits per heavy atom. The van der Waals surface area contributed by atoms with E-state index in [1.54, 1.807) is 31.4 Å². The van der Waals surface area contributed by atoms with Gasteiger partial charge in [0.15, 0.2) is 16.0 Å². The number of benzene rings is 2. The minimum absolute atomic E-state index is 0.0977. The van der Waals surface area contributed by atoms with Crippen LogP contribution in [0.3, 0.4) is 0 Å². The standard InChI is InChI=1S/C22H20N2O5S/c1-3-28-12-11-24-20-17(27-2)9-6-10-19(20)30-22(24)23-21(26)18-13-15(25)14-7-4-5-8-16(14)29-18/h4-10,13H,3,11-12H2,1-2H3. The van der Waals surface area contributed by atoms with E-state index in [0.29, 0.717) is 41.3 Å². The second-order valence-electron chi connectivity index (χ2n) is 6.43. The number of amides is 1. The van der Waals surface area contributed by atoms with E-state index in [2.05, 4.69) is 4.99 Å². The molecule has 0 saturated carbocycles. The van der Waals surface area contributed by atoms with Gasteiger partial charge in [-0.15, -0.1) is 0 Å². The molecule has 2 aromatic heterocycles. The lowest BCUT2D eigenvalue weighted by Gasteiger charge is -2.08. The van der Waals surface area contributed by atoms with Gasteiger partial charge < -0.3 is 18.5 Å². The van der Waals surface area contributed by atoms with E-state index in [1.807, 2.05) is 29.7 Å². The van der Waals surface area contributed by atoms with E-state index >= 15 is 0 Å². The Bertz CT molecular complexity index is 1350. The molecular weight excluding hydrogens is 404 g/mol. The van der Waals surface area contributed by atoms with E-state index < -0.39 is 5.91 Å². The van der Waals surface area contributed by atoms with Crippen molar-refractivity contribution in [1.82, 2.24) is 4.57 Å². The number of hydrogen-bond acceptors (Lipinski definition) is 6. The molecule has 2 aromatic carbocycles. The number of para-hydroxylation sites is 2. The normalized spacial score (nSPS) is 12.0. The van der Waals surface area contributed by atoms with Crippen LogP contribution >= 0.6 is 11.3 Å². The molecule has 1 amide bonds. The van der Waals surface area contributed by atoms with Gasteiger partial charge in [-0.25, -0.2) is 0 Å². The van der Waals surface area contributed by atoms with Crippen LogP contribution in [0, 0.1) is 0 Å². The molecule has 8 heteroatoms. The van der Waals surface area contributed by atoms with E-state index in [9.17, 15) is 9.59 Å². The minimum atomic E-state index is -0.617. The average molecular weight is 424 g/mol. The third-order valence-corrected chi connectivity index (χ3v) is 5.63. The monoisotopic (exact) mass is 424 g/mol. The van der Waals surface area contributed by atoms with Gasteiger partial charge in [-0.05, 0) is 31.2 Å². The molecule has 0 fully saturated rings. The molecule has 0 unspecified atom stereocenters. The number of fused-ring (bicyclic) bond motifs is 2. The second kappa shape index (κ2) is 8.64. The van der Waals surface area contributed by atoms with Gasteiger partial charge in [0.25, 0.3) is 0 Å². The highest BCUT2D eigenvalue weighted by Crippen LogP contribution is 2.27. The van der Waals surface area contributed by atoms with E-state index in [0.717, 1.165) is 10.2 Å². The van der Waals surface area contributed by atoms with Crippen molar-refractivity contribution in [3.63, 3.8) is 0 Å². The summed E-state index contributed by atoms with van der Waals surface area (Å²) >= 11 is 1.36. The molecule has 0 aliphatic heterocycles. The minimum Gasteiger partial charge on any atom is -0.495 e. The largest absolute Gasteiger partial charge is 0.495 e. The first-order valence-electron chi connectivity index (χ1n) is 9.48. The fraction of sp³-hybridized carbons (Fsp3) is 0.227. The number of carbonyl (C=O) groups is 1. The second-order valence-corrected chi connectivity index (χ2v) is 7.44. The molecule has 0 N–H and O–H groups in total. The summed E-state index contributed by atoms with van der Waals surface area (Å²) in [5, 5.41) is 0.424. The smallest absolute Gasteiger partial charge is 0.315 e. The molecule has 0 radical (unpaired) electrons. The topological polar surface area (TPSA) is 83.0 Å². The van der Waals surface area contributed by atoms with Gasteiger partial charge in [0.2, 0.25) is 0 Å². The number of nitrogens with zero attached hydrogens (tertiary/aromatic N) is 2. The Labute approximate surface area is 175 Å². The van der Waals surface area contributed by atoms with Gasteiger partial charge >= 0.3 is 5.91 Å². The molecule has 2 heterocycles. The van der Waals surface area contributed by atoms with Crippen LogP contribution in [0.15, 0.2) is 62.7 Å². The Kier molecular flexibility index (Phi) is 5.78. The summed E-state index contributed by atoms with van der Waals surface area (Å²) in [4.78, 5) is 29.9. The Balaban J connectivity index is 1.84. The molecular formula is C22H20N2O5S. The van der Waals surface area contributed by atoms with Crippen molar-refractivity contribution in [3.8, 4) is 5.75 Å². The molecule has 7 nitrogen and oxygen atoms in total. The molecule has 30 heavy (non-hydrogen) atoms. The van der Waals surface area contributed by atoms with Crippen LogP contribution in [0.5, 0.6) is 5.75 Å². The number of thiazole rings is 1. The maximum Gasteiger partial charge on any atom is 0.315 e. The number of ether oxygens (including phenoxy) is 2. The first kappa shape index (κ1) is 20.1. The van der Waals surface area contributed by atoms with Crippen LogP contribution in [0.2, 0.25) is 0 Å². The van der Waals surface area contributed by atoms with Crippen molar-refractivity contribution in [1.29, 1.82) is 0 Å². The summed E-state index contributed by atoms with van der Waals surface area (Å²) in [7, 11) is 1.60. The quantitative estimate of drug-likeness (QED) is 0.442. The van der Waals surface area contributed by atoms with Crippen LogP contribution in [0.1, 0.15) is 17.5 Å². The molecule has 0 bridgehead atoms. The van der Waals surface area contributed by atoms with E-state index in [-0.39, 0.29) is 11.2 Å². The summed E-state index contributed by atoms with van der Waals surface area (Å²) in [5.41, 5.74) is 0.916. The SMILES string of the molecule is CCOCCn1c(=NC(=O)c2cc(=O)c3ccccc3o2)sc2cccc(OC)c21. The zero-order valence-electron chi connectivity index (χ0n) is 16.6. The van der Waals surface area contributed by atoms with Crippen molar-refractivity contribution < 1.29 is 18.7 Å². The maximum absolute atomic E-state index is 12.9. The van der Waals surface area contributed by atoms with Crippen LogP contribution in [0.25, 0.3) is 21.2 Å². The predicted molar refractivity (Wildman–Crippen MR) is 115 cm³/mol. The molecule has 4 aromatic rings. The van der Waals surface area contributed by atoms with Crippen molar-refractivity contribution in [2.45, 2.75) is 13.5 Å². The van der Waals surface area contributed by atoms with Gasteiger partial charge in [0.1, 0.15) is 16.8 Å². The molecule has 0 spiro atoms. The molecule has 0 saturated heterocycles. The molecule has 0 atom stereocenters. The third-order valence-electron chi connectivity index (χ3n) is 4.59. The summed E-state index contributed by atoms with van der Waals surface area (Å²) in [6.07, 6.45) is 0. The van der Waals surface area contributed by atoms with Gasteiger partial charge in [-0.3, -0.25) is 9.59 Å². The number of aromatic nitrogens is 1. The number of carbonyl (C=O) groups excluding carboxylic acids is 1. The number of rotatable bonds is 6. The molecule has 4 rings (SSSR count).